The molecule has 140 valence electrons. The number of carbonyl (C=O) groups excluding carboxylic acids is 1. The minimum atomic E-state index is -0.405. The summed E-state index contributed by atoms with van der Waals surface area (Å²) < 4.78 is 14.9. The predicted molar refractivity (Wildman–Crippen MR) is 99.7 cm³/mol. The third-order valence-corrected chi connectivity index (χ3v) is 4.97. The normalized spacial score (nSPS) is 15.2. The Kier molecular flexibility index (Phi) is 4.49. The van der Waals surface area contributed by atoms with Crippen LogP contribution in [0, 0.1) is 12.7 Å². The second kappa shape index (κ2) is 6.96. The van der Waals surface area contributed by atoms with Crippen molar-refractivity contribution in [1.82, 2.24) is 19.9 Å². The first-order valence-corrected chi connectivity index (χ1v) is 8.92. The van der Waals surface area contributed by atoms with Crippen molar-refractivity contribution >= 4 is 17.2 Å². The van der Waals surface area contributed by atoms with Crippen LogP contribution in [0.1, 0.15) is 40.4 Å². The molecule has 4 rings (SSSR count). The summed E-state index contributed by atoms with van der Waals surface area (Å²) in [6.45, 7) is 3.49. The lowest BCUT2D eigenvalue weighted by Gasteiger charge is -2.23. The van der Waals surface area contributed by atoms with Crippen LogP contribution < -0.4 is 16.2 Å². The average molecular weight is 369 g/mol. The number of aromatic nitrogens is 3. The molecule has 27 heavy (non-hydrogen) atoms. The largest absolute Gasteiger partial charge is 0.322 e. The molecule has 1 fully saturated rings. The van der Waals surface area contributed by atoms with E-state index in [1.165, 1.54) is 24.4 Å². The summed E-state index contributed by atoms with van der Waals surface area (Å²) in [7, 11) is 0. The topological polar surface area (TPSA) is 91.3 Å². The van der Waals surface area contributed by atoms with Crippen LogP contribution in [0.4, 0.5) is 10.1 Å². The number of aryl methyl sites for hydroxylation is 1. The number of nitrogens with one attached hydrogen (secondary N) is 3. The van der Waals surface area contributed by atoms with E-state index in [4.69, 9.17) is 0 Å². The van der Waals surface area contributed by atoms with Crippen molar-refractivity contribution in [3.05, 3.63) is 63.5 Å². The van der Waals surface area contributed by atoms with Crippen molar-refractivity contribution in [3.63, 3.8) is 0 Å². The molecule has 1 amide bonds. The lowest BCUT2D eigenvalue weighted by atomic mass is 9.94. The molecule has 0 spiro atoms. The molecular weight excluding hydrogens is 349 g/mol. The fraction of sp³-hybridized carbons (Fsp3) is 0.316. The number of amides is 1. The Morgan fingerprint density at radius 1 is 1.30 bits per heavy atom. The number of hydrogen-bond donors (Lipinski definition) is 3. The van der Waals surface area contributed by atoms with Gasteiger partial charge in [-0.15, -0.1) is 0 Å². The van der Waals surface area contributed by atoms with Gasteiger partial charge < -0.3 is 15.6 Å². The smallest absolute Gasteiger partial charge is 0.261 e. The van der Waals surface area contributed by atoms with Crippen LogP contribution in [0.15, 0.2) is 35.3 Å². The number of carbonyl (C=O) groups is 1. The average Bonchev–Trinajstić information content (AvgIpc) is 3.08. The van der Waals surface area contributed by atoms with Crippen LogP contribution in [0.25, 0.3) is 5.65 Å². The summed E-state index contributed by atoms with van der Waals surface area (Å²) in [5, 5.41) is 10.4. The van der Waals surface area contributed by atoms with Crippen molar-refractivity contribution in [2.24, 2.45) is 0 Å². The van der Waals surface area contributed by atoms with E-state index >= 15 is 0 Å². The van der Waals surface area contributed by atoms with Crippen LogP contribution in [-0.2, 0) is 0 Å². The highest BCUT2D eigenvalue weighted by Crippen LogP contribution is 2.25. The maximum Gasteiger partial charge on any atom is 0.261 e. The van der Waals surface area contributed by atoms with Gasteiger partial charge in [-0.1, -0.05) is 0 Å². The summed E-state index contributed by atoms with van der Waals surface area (Å²) in [5.41, 5.74) is 2.32. The lowest BCUT2D eigenvalue weighted by Crippen LogP contribution is -2.28. The zero-order valence-corrected chi connectivity index (χ0v) is 14.9. The van der Waals surface area contributed by atoms with Crippen LogP contribution in [0.3, 0.4) is 0 Å². The molecule has 0 saturated carbocycles. The SMILES string of the molecule is Cc1cc(F)ccc1NC(=O)c1cnn2c(C3CCNCC3)cc(=O)[nH]c12. The number of anilines is 1. The van der Waals surface area contributed by atoms with Crippen LogP contribution >= 0.6 is 0 Å². The van der Waals surface area contributed by atoms with Gasteiger partial charge in [0.2, 0.25) is 0 Å². The number of fused-ring (bicyclic) bond motifs is 1. The van der Waals surface area contributed by atoms with Crippen molar-refractivity contribution in [2.45, 2.75) is 25.7 Å². The maximum absolute atomic E-state index is 13.3. The number of nitrogens with zero attached hydrogens (tertiary/aromatic N) is 2. The Morgan fingerprint density at radius 2 is 2.07 bits per heavy atom. The molecule has 0 aliphatic carbocycles. The molecule has 1 aliphatic rings. The number of aromatic amines is 1. The van der Waals surface area contributed by atoms with Gasteiger partial charge in [0.1, 0.15) is 17.0 Å². The highest BCUT2D eigenvalue weighted by molar-refractivity contribution is 6.08. The van der Waals surface area contributed by atoms with E-state index in [0.717, 1.165) is 31.6 Å². The molecule has 1 saturated heterocycles. The molecule has 1 aliphatic heterocycles. The Bertz CT molecular complexity index is 1070. The molecule has 1 aromatic carbocycles. The zero-order chi connectivity index (χ0) is 19.0. The first-order valence-electron chi connectivity index (χ1n) is 8.92. The third-order valence-electron chi connectivity index (χ3n) is 4.97. The molecule has 2 aromatic heterocycles. The van der Waals surface area contributed by atoms with Gasteiger partial charge in [-0.2, -0.15) is 5.10 Å². The monoisotopic (exact) mass is 369 g/mol. The Labute approximate surface area is 154 Å². The van der Waals surface area contributed by atoms with Gasteiger partial charge in [0, 0.05) is 17.7 Å². The van der Waals surface area contributed by atoms with Crippen LogP contribution in [0.2, 0.25) is 0 Å². The number of rotatable bonds is 3. The summed E-state index contributed by atoms with van der Waals surface area (Å²) >= 11 is 0. The number of hydrogen-bond acceptors (Lipinski definition) is 4. The van der Waals surface area contributed by atoms with Crippen molar-refractivity contribution < 1.29 is 9.18 Å². The molecule has 3 N–H and O–H groups in total. The molecule has 3 aromatic rings. The van der Waals surface area contributed by atoms with Gasteiger partial charge in [-0.25, -0.2) is 8.91 Å². The van der Waals surface area contributed by atoms with E-state index in [-0.39, 0.29) is 22.9 Å². The summed E-state index contributed by atoms with van der Waals surface area (Å²) in [6.07, 6.45) is 3.27. The van der Waals surface area contributed by atoms with E-state index in [9.17, 15) is 14.0 Å². The molecule has 0 bridgehead atoms. The molecule has 0 atom stereocenters. The standard InChI is InChI=1S/C19H20FN5O2/c1-11-8-13(20)2-3-15(11)23-19(27)14-10-22-25-16(9-17(26)24-18(14)25)12-4-6-21-7-5-12/h2-3,8-10,12,21H,4-7H2,1H3,(H,23,27)(H,24,26). The predicted octanol–water partition coefficient (Wildman–Crippen LogP) is 2.19. The highest BCUT2D eigenvalue weighted by Gasteiger charge is 2.22. The number of piperidine rings is 1. The molecule has 8 heteroatoms. The van der Waals surface area contributed by atoms with E-state index in [2.05, 4.69) is 20.7 Å². The van der Waals surface area contributed by atoms with Gasteiger partial charge in [0.25, 0.3) is 11.5 Å². The fourth-order valence-electron chi connectivity index (χ4n) is 3.54. The van der Waals surface area contributed by atoms with E-state index < -0.39 is 5.91 Å². The number of H-pyrrole nitrogens is 1. The summed E-state index contributed by atoms with van der Waals surface area (Å²) in [6, 6.07) is 5.71. The van der Waals surface area contributed by atoms with Crippen molar-refractivity contribution in [2.75, 3.05) is 18.4 Å². The van der Waals surface area contributed by atoms with Gasteiger partial charge >= 0.3 is 0 Å². The highest BCUT2D eigenvalue weighted by atomic mass is 19.1. The van der Waals surface area contributed by atoms with Crippen LogP contribution in [0.5, 0.6) is 0 Å². The van der Waals surface area contributed by atoms with Gasteiger partial charge in [0.05, 0.1) is 11.9 Å². The minimum Gasteiger partial charge on any atom is -0.322 e. The number of halogens is 1. The molecule has 3 heterocycles. The first kappa shape index (κ1) is 17.4. The van der Waals surface area contributed by atoms with Gasteiger partial charge in [-0.3, -0.25) is 9.59 Å². The van der Waals surface area contributed by atoms with Crippen molar-refractivity contribution in [1.29, 1.82) is 0 Å². The van der Waals surface area contributed by atoms with E-state index in [0.29, 0.717) is 16.9 Å². The summed E-state index contributed by atoms with van der Waals surface area (Å²) in [4.78, 5) is 27.6. The molecule has 0 unspecified atom stereocenters. The number of benzene rings is 1. The first-order chi connectivity index (χ1) is 13.0. The quantitative estimate of drug-likeness (QED) is 0.660. The van der Waals surface area contributed by atoms with Gasteiger partial charge in [-0.05, 0) is 56.6 Å². The summed E-state index contributed by atoms with van der Waals surface area (Å²) in [5.74, 6) is -0.554. The second-order valence-electron chi connectivity index (χ2n) is 6.81. The maximum atomic E-state index is 13.3. The molecular formula is C19H20FN5O2. The van der Waals surface area contributed by atoms with E-state index in [1.54, 1.807) is 17.5 Å². The molecule has 0 radical (unpaired) electrons. The Hall–Kier alpha value is -3.00. The van der Waals surface area contributed by atoms with Crippen molar-refractivity contribution in [3.8, 4) is 0 Å². The zero-order valence-electron chi connectivity index (χ0n) is 14.9. The fourth-order valence-corrected chi connectivity index (χ4v) is 3.54. The lowest BCUT2D eigenvalue weighted by molar-refractivity contribution is 0.102. The van der Waals surface area contributed by atoms with Crippen LogP contribution in [-0.4, -0.2) is 33.6 Å². The Morgan fingerprint density at radius 3 is 2.81 bits per heavy atom. The second-order valence-corrected chi connectivity index (χ2v) is 6.81. The third kappa shape index (κ3) is 3.35. The Balaban J connectivity index is 1.71. The van der Waals surface area contributed by atoms with Gasteiger partial charge in [0.15, 0.2) is 0 Å². The van der Waals surface area contributed by atoms with E-state index in [1.807, 2.05) is 0 Å². The minimum absolute atomic E-state index is 0.214. The molecule has 7 nitrogen and oxygen atoms in total.